The zero-order valence-corrected chi connectivity index (χ0v) is 11.9. The van der Waals surface area contributed by atoms with Crippen LogP contribution in [-0.2, 0) is 5.60 Å². The van der Waals surface area contributed by atoms with E-state index in [4.69, 9.17) is 4.42 Å². The molecule has 0 spiro atoms. The van der Waals surface area contributed by atoms with Gasteiger partial charge in [0.1, 0.15) is 17.1 Å². The molecule has 0 aliphatic heterocycles. The van der Waals surface area contributed by atoms with Crippen LogP contribution in [0.5, 0.6) is 0 Å². The Bertz CT molecular complexity index is 447. The van der Waals surface area contributed by atoms with Crippen LogP contribution in [0.4, 0.5) is 0 Å². The molecule has 1 unspecified atom stereocenters. The van der Waals surface area contributed by atoms with Gasteiger partial charge in [0, 0.05) is 12.6 Å². The second kappa shape index (κ2) is 5.65. The summed E-state index contributed by atoms with van der Waals surface area (Å²) in [6.07, 6.45) is 2.39. The van der Waals surface area contributed by atoms with Gasteiger partial charge in [-0.25, -0.2) is 4.99 Å². The van der Waals surface area contributed by atoms with Crippen molar-refractivity contribution in [2.24, 2.45) is 4.99 Å². The lowest BCUT2D eigenvalue weighted by molar-refractivity contribution is 0.0428. The molecule has 3 N–H and O–H groups in total. The fraction of sp³-hybridized carbons (Fsp3) is 0.643. The largest absolute Gasteiger partial charge is 0.463 e. The number of rotatable bonds is 5. The molecule has 2 rings (SSSR count). The van der Waals surface area contributed by atoms with E-state index in [-0.39, 0.29) is 6.54 Å². The van der Waals surface area contributed by atoms with E-state index in [1.165, 1.54) is 12.8 Å². The fourth-order valence-electron chi connectivity index (χ4n) is 1.78. The Balaban J connectivity index is 2.00. The summed E-state index contributed by atoms with van der Waals surface area (Å²) in [5.41, 5.74) is -1.08. The number of guanidine groups is 1. The summed E-state index contributed by atoms with van der Waals surface area (Å²) in [5.74, 6) is 2.10. The molecule has 19 heavy (non-hydrogen) atoms. The van der Waals surface area contributed by atoms with Gasteiger partial charge >= 0.3 is 0 Å². The van der Waals surface area contributed by atoms with E-state index >= 15 is 0 Å². The molecule has 5 heteroatoms. The monoisotopic (exact) mass is 265 g/mol. The number of aryl methyl sites for hydroxylation is 1. The van der Waals surface area contributed by atoms with Gasteiger partial charge in [0.15, 0.2) is 5.96 Å². The van der Waals surface area contributed by atoms with Gasteiger partial charge in [0.25, 0.3) is 0 Å². The van der Waals surface area contributed by atoms with Crippen LogP contribution in [0.2, 0.25) is 0 Å². The minimum absolute atomic E-state index is 0.266. The maximum Gasteiger partial charge on any atom is 0.191 e. The van der Waals surface area contributed by atoms with E-state index in [0.29, 0.717) is 11.8 Å². The third kappa shape index (κ3) is 3.99. The normalized spacial score (nSPS) is 19.1. The molecule has 1 fully saturated rings. The van der Waals surface area contributed by atoms with Gasteiger partial charge in [0.2, 0.25) is 0 Å². The van der Waals surface area contributed by atoms with Crippen molar-refractivity contribution < 1.29 is 9.52 Å². The summed E-state index contributed by atoms with van der Waals surface area (Å²) < 4.78 is 5.47. The number of nitrogens with zero attached hydrogens (tertiary/aromatic N) is 1. The van der Waals surface area contributed by atoms with Crippen molar-refractivity contribution in [3.63, 3.8) is 0 Å². The Morgan fingerprint density at radius 3 is 2.79 bits per heavy atom. The van der Waals surface area contributed by atoms with Gasteiger partial charge in [-0.2, -0.15) is 0 Å². The lowest BCUT2D eigenvalue weighted by atomic mass is 10.0. The fourth-order valence-corrected chi connectivity index (χ4v) is 1.78. The molecule has 106 valence electrons. The van der Waals surface area contributed by atoms with Crippen molar-refractivity contribution in [1.29, 1.82) is 0 Å². The standard InChI is InChI=1S/C14H23N3O2/c1-4-15-13(17-11-6-7-11)16-9-14(3,18)12-8-5-10(2)19-12/h5,8,11,18H,4,6-7,9H2,1-3H3,(H2,15,16,17). The third-order valence-electron chi connectivity index (χ3n) is 3.08. The molecule has 1 aromatic heterocycles. The van der Waals surface area contributed by atoms with Crippen LogP contribution in [0.15, 0.2) is 21.5 Å². The van der Waals surface area contributed by atoms with Gasteiger partial charge in [-0.15, -0.1) is 0 Å². The highest BCUT2D eigenvalue weighted by atomic mass is 16.4. The van der Waals surface area contributed by atoms with Gasteiger partial charge in [-0.1, -0.05) is 0 Å². The van der Waals surface area contributed by atoms with E-state index in [2.05, 4.69) is 15.6 Å². The van der Waals surface area contributed by atoms with Gasteiger partial charge < -0.3 is 20.2 Å². The molecule has 1 aliphatic carbocycles. The maximum absolute atomic E-state index is 10.4. The van der Waals surface area contributed by atoms with Crippen LogP contribution in [0.1, 0.15) is 38.2 Å². The van der Waals surface area contributed by atoms with Gasteiger partial charge in [-0.3, -0.25) is 0 Å². The van der Waals surface area contributed by atoms with Crippen molar-refractivity contribution >= 4 is 5.96 Å². The van der Waals surface area contributed by atoms with E-state index in [1.807, 2.05) is 19.9 Å². The van der Waals surface area contributed by atoms with Crippen molar-refractivity contribution in [3.8, 4) is 0 Å². The summed E-state index contributed by atoms with van der Waals surface area (Å²) >= 11 is 0. The molecular weight excluding hydrogens is 242 g/mol. The Hall–Kier alpha value is -1.49. The third-order valence-corrected chi connectivity index (χ3v) is 3.08. The summed E-state index contributed by atoms with van der Waals surface area (Å²) in [5, 5.41) is 16.9. The number of aliphatic hydroxyl groups is 1. The van der Waals surface area contributed by atoms with Crippen LogP contribution in [0.25, 0.3) is 0 Å². The highest BCUT2D eigenvalue weighted by Gasteiger charge is 2.27. The Labute approximate surface area is 114 Å². The van der Waals surface area contributed by atoms with Crippen molar-refractivity contribution in [2.75, 3.05) is 13.1 Å². The SMILES string of the molecule is CCNC(=NCC(C)(O)c1ccc(C)o1)NC1CC1. The van der Waals surface area contributed by atoms with Crippen molar-refractivity contribution in [1.82, 2.24) is 10.6 Å². The molecule has 0 saturated heterocycles. The van der Waals surface area contributed by atoms with Crippen LogP contribution < -0.4 is 10.6 Å². The molecule has 0 aromatic carbocycles. The van der Waals surface area contributed by atoms with Crippen LogP contribution in [0, 0.1) is 6.92 Å². The second-order valence-electron chi connectivity index (χ2n) is 5.30. The van der Waals surface area contributed by atoms with Crippen LogP contribution in [0.3, 0.4) is 0 Å². The molecule has 1 aliphatic rings. The zero-order valence-electron chi connectivity index (χ0n) is 11.9. The van der Waals surface area contributed by atoms with Crippen molar-refractivity contribution in [2.45, 2.75) is 45.3 Å². The van der Waals surface area contributed by atoms with Crippen LogP contribution in [-0.4, -0.2) is 30.2 Å². The number of hydrogen-bond donors (Lipinski definition) is 3. The first-order valence-electron chi connectivity index (χ1n) is 6.85. The first kappa shape index (κ1) is 13.9. The van der Waals surface area contributed by atoms with Crippen molar-refractivity contribution in [3.05, 3.63) is 23.7 Å². The van der Waals surface area contributed by atoms with E-state index < -0.39 is 5.60 Å². The lowest BCUT2D eigenvalue weighted by Gasteiger charge is -2.19. The molecule has 0 bridgehead atoms. The van der Waals surface area contributed by atoms with Gasteiger partial charge in [0.05, 0.1) is 6.54 Å². The lowest BCUT2D eigenvalue weighted by Crippen LogP contribution is -2.39. The summed E-state index contributed by atoms with van der Waals surface area (Å²) in [6, 6.07) is 4.18. The predicted octanol–water partition coefficient (Wildman–Crippen LogP) is 1.51. The topological polar surface area (TPSA) is 69.8 Å². The predicted molar refractivity (Wildman–Crippen MR) is 75.2 cm³/mol. The molecule has 1 atom stereocenters. The van der Waals surface area contributed by atoms with Crippen LogP contribution >= 0.6 is 0 Å². The van der Waals surface area contributed by atoms with Gasteiger partial charge in [-0.05, 0) is 45.7 Å². The maximum atomic E-state index is 10.4. The smallest absolute Gasteiger partial charge is 0.191 e. The molecular formula is C14H23N3O2. The minimum Gasteiger partial charge on any atom is -0.463 e. The summed E-state index contributed by atoms with van der Waals surface area (Å²) in [7, 11) is 0. The molecule has 5 nitrogen and oxygen atoms in total. The molecule has 0 amide bonds. The number of hydrogen-bond acceptors (Lipinski definition) is 3. The quantitative estimate of drug-likeness (QED) is 0.557. The Morgan fingerprint density at radius 1 is 1.53 bits per heavy atom. The number of nitrogens with one attached hydrogen (secondary N) is 2. The highest BCUT2D eigenvalue weighted by Crippen LogP contribution is 2.23. The molecule has 1 saturated carbocycles. The van der Waals surface area contributed by atoms with E-state index in [9.17, 15) is 5.11 Å². The molecule has 0 radical (unpaired) electrons. The second-order valence-corrected chi connectivity index (χ2v) is 5.30. The Morgan fingerprint density at radius 2 is 2.26 bits per heavy atom. The summed E-state index contributed by atoms with van der Waals surface area (Å²) in [6.45, 7) is 6.68. The first-order chi connectivity index (χ1) is 9.01. The number of furan rings is 1. The average molecular weight is 265 g/mol. The Kier molecular flexibility index (Phi) is 4.14. The molecule has 1 aromatic rings. The van der Waals surface area contributed by atoms with E-state index in [1.54, 1.807) is 13.0 Å². The minimum atomic E-state index is -1.08. The molecule has 1 heterocycles. The zero-order chi connectivity index (χ0) is 13.9. The highest BCUT2D eigenvalue weighted by molar-refractivity contribution is 5.80. The number of aliphatic imine (C=N–C) groups is 1. The average Bonchev–Trinajstić information content (AvgIpc) is 3.05. The van der Waals surface area contributed by atoms with E-state index in [0.717, 1.165) is 18.3 Å². The first-order valence-corrected chi connectivity index (χ1v) is 6.85. The summed E-state index contributed by atoms with van der Waals surface area (Å²) in [4.78, 5) is 4.44.